The number of rotatable bonds is 4. The van der Waals surface area contributed by atoms with Crippen LogP contribution in [0.1, 0.15) is 24.4 Å². The van der Waals surface area contributed by atoms with Crippen molar-refractivity contribution in [2.45, 2.75) is 23.8 Å². The normalized spacial score (nSPS) is 18.7. The lowest BCUT2D eigenvalue weighted by atomic mass is 10.1. The van der Waals surface area contributed by atoms with Gasteiger partial charge in [-0.25, -0.2) is 17.2 Å². The molecule has 1 unspecified atom stereocenters. The molecule has 1 fully saturated rings. The number of hydrogen-bond acceptors (Lipinski definition) is 3. The Morgan fingerprint density at radius 1 is 1.12 bits per heavy atom. The summed E-state index contributed by atoms with van der Waals surface area (Å²) >= 11 is 0. The van der Waals surface area contributed by atoms with E-state index in [0.717, 1.165) is 17.7 Å². The summed E-state index contributed by atoms with van der Waals surface area (Å²) in [6, 6.07) is 9.28. The van der Waals surface area contributed by atoms with Gasteiger partial charge in [-0.05, 0) is 42.7 Å². The smallest absolute Gasteiger partial charge is 0.246 e. The predicted octanol–water partition coefficient (Wildman–Crippen LogP) is 3.50. The fourth-order valence-corrected chi connectivity index (χ4v) is 4.73. The lowest BCUT2D eigenvalue weighted by Crippen LogP contribution is -2.31. The molecule has 1 heterocycles. The Hall–Kier alpha value is -1.99. The van der Waals surface area contributed by atoms with Crippen molar-refractivity contribution in [3.63, 3.8) is 0 Å². The molecule has 2 aromatic rings. The molecular formula is C17H17F2NO3S. The van der Waals surface area contributed by atoms with E-state index in [2.05, 4.69) is 0 Å². The maximum absolute atomic E-state index is 14.0. The molecule has 1 saturated heterocycles. The number of benzene rings is 2. The first kappa shape index (κ1) is 16.9. The minimum Gasteiger partial charge on any atom is -0.497 e. The van der Waals surface area contributed by atoms with Crippen LogP contribution in [0.3, 0.4) is 0 Å². The topological polar surface area (TPSA) is 46.6 Å². The van der Waals surface area contributed by atoms with Crippen LogP contribution in [0.2, 0.25) is 0 Å². The largest absolute Gasteiger partial charge is 0.497 e. The zero-order valence-electron chi connectivity index (χ0n) is 13.1. The van der Waals surface area contributed by atoms with E-state index in [1.807, 2.05) is 0 Å². The lowest BCUT2D eigenvalue weighted by molar-refractivity contribution is 0.391. The monoisotopic (exact) mass is 353 g/mol. The van der Waals surface area contributed by atoms with Crippen LogP contribution in [0.4, 0.5) is 8.78 Å². The Kier molecular flexibility index (Phi) is 4.56. The summed E-state index contributed by atoms with van der Waals surface area (Å²) in [5.74, 6) is -1.20. The molecule has 0 spiro atoms. The molecule has 128 valence electrons. The van der Waals surface area contributed by atoms with Crippen molar-refractivity contribution in [2.75, 3.05) is 13.7 Å². The molecule has 3 rings (SSSR count). The van der Waals surface area contributed by atoms with Crippen LogP contribution in [-0.4, -0.2) is 26.4 Å². The summed E-state index contributed by atoms with van der Waals surface area (Å²) in [5.41, 5.74) is 0.819. The Morgan fingerprint density at radius 2 is 1.83 bits per heavy atom. The standard InChI is InChI=1S/C17H17F2NO3S/c1-23-14-7-4-12(5-8-14)16-3-2-10-20(16)24(21,22)17-9-6-13(18)11-15(17)19/h4-9,11,16H,2-3,10H2,1H3. The first-order valence-corrected chi connectivity index (χ1v) is 8.98. The van der Waals surface area contributed by atoms with Crippen molar-refractivity contribution in [3.8, 4) is 5.75 Å². The molecule has 24 heavy (non-hydrogen) atoms. The van der Waals surface area contributed by atoms with E-state index in [1.165, 1.54) is 4.31 Å². The second kappa shape index (κ2) is 6.49. The number of sulfonamides is 1. The summed E-state index contributed by atoms with van der Waals surface area (Å²) in [6.45, 7) is 0.301. The highest BCUT2D eigenvalue weighted by Gasteiger charge is 2.37. The summed E-state index contributed by atoms with van der Waals surface area (Å²) in [7, 11) is -2.48. The number of ether oxygens (including phenoxy) is 1. The fraction of sp³-hybridized carbons (Fsp3) is 0.294. The molecule has 4 nitrogen and oxygen atoms in total. The van der Waals surface area contributed by atoms with E-state index in [-0.39, 0.29) is 6.04 Å². The third kappa shape index (κ3) is 3.01. The number of methoxy groups -OCH3 is 1. The van der Waals surface area contributed by atoms with Gasteiger partial charge in [0, 0.05) is 12.6 Å². The van der Waals surface area contributed by atoms with Gasteiger partial charge in [-0.15, -0.1) is 0 Å². The van der Waals surface area contributed by atoms with Crippen LogP contribution in [0.15, 0.2) is 47.4 Å². The maximum Gasteiger partial charge on any atom is 0.246 e. The van der Waals surface area contributed by atoms with Crippen LogP contribution >= 0.6 is 0 Å². The summed E-state index contributed by atoms with van der Waals surface area (Å²) in [6.07, 6.45) is 1.33. The van der Waals surface area contributed by atoms with Gasteiger partial charge in [-0.1, -0.05) is 12.1 Å². The van der Waals surface area contributed by atoms with Gasteiger partial charge in [-0.3, -0.25) is 0 Å². The Bertz CT molecular complexity index is 837. The first-order valence-electron chi connectivity index (χ1n) is 7.54. The number of nitrogens with zero attached hydrogens (tertiary/aromatic N) is 1. The minimum absolute atomic E-state index is 0.301. The highest BCUT2D eigenvalue weighted by Crippen LogP contribution is 2.37. The molecule has 0 aliphatic carbocycles. The molecule has 0 saturated carbocycles. The molecule has 0 bridgehead atoms. The quantitative estimate of drug-likeness (QED) is 0.845. The first-order chi connectivity index (χ1) is 11.4. The fourth-order valence-electron chi connectivity index (χ4n) is 3.00. The zero-order chi connectivity index (χ0) is 17.3. The van der Waals surface area contributed by atoms with Gasteiger partial charge in [0.2, 0.25) is 10.0 Å². The van der Waals surface area contributed by atoms with E-state index >= 15 is 0 Å². The van der Waals surface area contributed by atoms with Crippen LogP contribution < -0.4 is 4.74 Å². The summed E-state index contributed by atoms with van der Waals surface area (Å²) in [4.78, 5) is -0.496. The van der Waals surface area contributed by atoms with Crippen molar-refractivity contribution in [1.82, 2.24) is 4.31 Å². The van der Waals surface area contributed by atoms with Crippen molar-refractivity contribution in [2.24, 2.45) is 0 Å². The second-order valence-corrected chi connectivity index (χ2v) is 7.48. The second-order valence-electron chi connectivity index (χ2n) is 5.62. The van der Waals surface area contributed by atoms with Gasteiger partial charge in [0.25, 0.3) is 0 Å². The molecule has 0 aromatic heterocycles. The molecule has 2 aromatic carbocycles. The number of halogens is 2. The van der Waals surface area contributed by atoms with E-state index < -0.39 is 26.6 Å². The summed E-state index contributed by atoms with van der Waals surface area (Å²) in [5, 5.41) is 0. The van der Waals surface area contributed by atoms with Crippen molar-refractivity contribution in [3.05, 3.63) is 59.7 Å². The van der Waals surface area contributed by atoms with Gasteiger partial charge in [0.05, 0.1) is 13.2 Å². The van der Waals surface area contributed by atoms with E-state index in [4.69, 9.17) is 4.74 Å². The van der Waals surface area contributed by atoms with Crippen LogP contribution in [0.25, 0.3) is 0 Å². The molecule has 7 heteroatoms. The average molecular weight is 353 g/mol. The van der Waals surface area contributed by atoms with Crippen molar-refractivity contribution < 1.29 is 21.9 Å². The molecule has 1 atom stereocenters. The van der Waals surface area contributed by atoms with Crippen LogP contribution in [0.5, 0.6) is 5.75 Å². The van der Waals surface area contributed by atoms with Gasteiger partial charge < -0.3 is 4.74 Å². The molecule has 0 radical (unpaired) electrons. The Labute approximate surface area is 139 Å². The lowest BCUT2D eigenvalue weighted by Gasteiger charge is -2.24. The SMILES string of the molecule is COc1ccc(C2CCCN2S(=O)(=O)c2ccc(F)cc2F)cc1. The highest BCUT2D eigenvalue weighted by molar-refractivity contribution is 7.89. The molecule has 0 amide bonds. The third-order valence-corrected chi connectivity index (χ3v) is 6.13. The van der Waals surface area contributed by atoms with E-state index in [1.54, 1.807) is 31.4 Å². The molecular weight excluding hydrogens is 336 g/mol. The predicted molar refractivity (Wildman–Crippen MR) is 85.2 cm³/mol. The molecule has 1 aliphatic heterocycles. The van der Waals surface area contributed by atoms with Crippen molar-refractivity contribution >= 4 is 10.0 Å². The molecule has 0 N–H and O–H groups in total. The van der Waals surface area contributed by atoms with Crippen molar-refractivity contribution in [1.29, 1.82) is 0 Å². The van der Waals surface area contributed by atoms with Gasteiger partial charge >= 0.3 is 0 Å². The van der Waals surface area contributed by atoms with Crippen LogP contribution in [-0.2, 0) is 10.0 Å². The van der Waals surface area contributed by atoms with E-state index in [0.29, 0.717) is 31.2 Å². The van der Waals surface area contributed by atoms with Gasteiger partial charge in [0.1, 0.15) is 22.3 Å². The third-order valence-electron chi connectivity index (χ3n) is 4.18. The van der Waals surface area contributed by atoms with Gasteiger partial charge in [-0.2, -0.15) is 4.31 Å². The molecule has 1 aliphatic rings. The Morgan fingerprint density at radius 3 is 2.46 bits per heavy atom. The van der Waals surface area contributed by atoms with Crippen LogP contribution in [0, 0.1) is 11.6 Å². The maximum atomic E-state index is 14.0. The van der Waals surface area contributed by atoms with Gasteiger partial charge in [0.15, 0.2) is 0 Å². The number of hydrogen-bond donors (Lipinski definition) is 0. The zero-order valence-corrected chi connectivity index (χ0v) is 13.9. The average Bonchev–Trinajstić information content (AvgIpc) is 3.05. The minimum atomic E-state index is -4.04. The highest BCUT2D eigenvalue weighted by atomic mass is 32.2. The Balaban J connectivity index is 1.96. The van der Waals surface area contributed by atoms with E-state index in [9.17, 15) is 17.2 Å². The summed E-state index contributed by atoms with van der Waals surface area (Å²) < 4.78 is 59.0.